The van der Waals surface area contributed by atoms with E-state index in [1.165, 1.54) is 6.33 Å². The molecule has 102 valence electrons. The Morgan fingerprint density at radius 2 is 1.28 bits per heavy atom. The molecule has 1 heterocycles. The highest BCUT2D eigenvalue weighted by Crippen LogP contribution is 2.07. The highest BCUT2D eigenvalue weighted by Gasteiger charge is 2.12. The first-order valence-electron chi connectivity index (χ1n) is 5.98. The number of anilines is 2. The molecule has 7 heteroatoms. The van der Waals surface area contributed by atoms with Crippen molar-refractivity contribution >= 4 is 11.9 Å². The first kappa shape index (κ1) is 14.6. The maximum Gasteiger partial charge on any atom is 0.227 e. The fraction of sp³-hybridized carbons (Fsp3) is 0.727. The quantitative estimate of drug-likeness (QED) is 0.577. The molecule has 0 aliphatic carbocycles. The third kappa shape index (κ3) is 4.42. The standard InChI is InChI=1S/C11H21N5O2/c1-6(8(3)17)14-10-12-5-13-11(16-10)15-7(2)9(4)18/h5-9,17-18H,1-4H3,(H2,12,13,14,15,16). The van der Waals surface area contributed by atoms with Crippen molar-refractivity contribution in [3.8, 4) is 0 Å². The Bertz CT molecular complexity index is 341. The Morgan fingerprint density at radius 3 is 1.61 bits per heavy atom. The summed E-state index contributed by atoms with van der Waals surface area (Å²) in [4.78, 5) is 12.1. The molecule has 0 amide bonds. The predicted molar refractivity (Wildman–Crippen MR) is 69.4 cm³/mol. The molecule has 0 bridgehead atoms. The van der Waals surface area contributed by atoms with Crippen molar-refractivity contribution in [1.29, 1.82) is 0 Å². The number of hydrogen-bond acceptors (Lipinski definition) is 7. The predicted octanol–water partition coefficient (Wildman–Crippen LogP) is 0.234. The van der Waals surface area contributed by atoms with Gasteiger partial charge < -0.3 is 20.8 Å². The van der Waals surface area contributed by atoms with Crippen LogP contribution in [0.25, 0.3) is 0 Å². The highest BCUT2D eigenvalue weighted by atomic mass is 16.3. The molecule has 0 fully saturated rings. The van der Waals surface area contributed by atoms with Crippen molar-refractivity contribution in [1.82, 2.24) is 15.0 Å². The van der Waals surface area contributed by atoms with Gasteiger partial charge in [-0.2, -0.15) is 4.98 Å². The number of aromatic nitrogens is 3. The Kier molecular flexibility index (Phi) is 5.24. The van der Waals surface area contributed by atoms with Crippen molar-refractivity contribution in [3.05, 3.63) is 6.33 Å². The van der Waals surface area contributed by atoms with Gasteiger partial charge in [-0.3, -0.25) is 0 Å². The van der Waals surface area contributed by atoms with Crippen LogP contribution in [0.3, 0.4) is 0 Å². The second-order valence-electron chi connectivity index (χ2n) is 4.48. The highest BCUT2D eigenvalue weighted by molar-refractivity contribution is 5.34. The van der Waals surface area contributed by atoms with Crippen molar-refractivity contribution in [3.63, 3.8) is 0 Å². The van der Waals surface area contributed by atoms with Crippen molar-refractivity contribution in [2.45, 2.75) is 52.0 Å². The summed E-state index contributed by atoms with van der Waals surface area (Å²) in [5, 5.41) is 24.7. The molecule has 0 aromatic carbocycles. The van der Waals surface area contributed by atoms with Crippen LogP contribution in [0.15, 0.2) is 6.33 Å². The van der Waals surface area contributed by atoms with Crippen LogP contribution in [0.5, 0.6) is 0 Å². The molecule has 7 nitrogen and oxygen atoms in total. The molecule has 18 heavy (non-hydrogen) atoms. The summed E-state index contributed by atoms with van der Waals surface area (Å²) >= 11 is 0. The summed E-state index contributed by atoms with van der Waals surface area (Å²) in [5.41, 5.74) is 0. The van der Waals surface area contributed by atoms with E-state index in [9.17, 15) is 10.2 Å². The zero-order chi connectivity index (χ0) is 13.7. The van der Waals surface area contributed by atoms with E-state index in [-0.39, 0.29) is 12.1 Å². The third-order valence-corrected chi connectivity index (χ3v) is 2.73. The first-order chi connectivity index (χ1) is 8.40. The molecule has 0 spiro atoms. The number of hydrogen-bond donors (Lipinski definition) is 4. The number of rotatable bonds is 6. The minimum atomic E-state index is -0.505. The average molecular weight is 255 g/mol. The largest absolute Gasteiger partial charge is 0.391 e. The monoisotopic (exact) mass is 255 g/mol. The van der Waals surface area contributed by atoms with Gasteiger partial charge in [0.2, 0.25) is 11.9 Å². The molecule has 4 unspecified atom stereocenters. The molecule has 0 saturated carbocycles. The molecule has 0 saturated heterocycles. The maximum atomic E-state index is 9.39. The van der Waals surface area contributed by atoms with Crippen LogP contribution in [0.4, 0.5) is 11.9 Å². The minimum Gasteiger partial charge on any atom is -0.391 e. The topological polar surface area (TPSA) is 103 Å². The third-order valence-electron chi connectivity index (χ3n) is 2.73. The van der Waals surface area contributed by atoms with Gasteiger partial charge in [-0.05, 0) is 27.7 Å². The maximum absolute atomic E-state index is 9.39. The van der Waals surface area contributed by atoms with E-state index < -0.39 is 12.2 Å². The fourth-order valence-corrected chi connectivity index (χ4v) is 1.08. The molecular weight excluding hydrogens is 234 g/mol. The van der Waals surface area contributed by atoms with Crippen LogP contribution in [0, 0.1) is 0 Å². The van der Waals surface area contributed by atoms with E-state index in [0.717, 1.165) is 0 Å². The number of aliphatic hydroxyl groups is 2. The van der Waals surface area contributed by atoms with Crippen LogP contribution in [0.2, 0.25) is 0 Å². The van der Waals surface area contributed by atoms with Gasteiger partial charge in [0, 0.05) is 0 Å². The number of nitrogens with one attached hydrogen (secondary N) is 2. The lowest BCUT2D eigenvalue weighted by Crippen LogP contribution is -2.30. The van der Waals surface area contributed by atoms with E-state index in [4.69, 9.17) is 0 Å². The smallest absolute Gasteiger partial charge is 0.227 e. The molecule has 4 atom stereocenters. The van der Waals surface area contributed by atoms with Crippen LogP contribution in [-0.4, -0.2) is 49.5 Å². The summed E-state index contributed by atoms with van der Waals surface area (Å²) in [6.07, 6.45) is 0.366. The summed E-state index contributed by atoms with van der Waals surface area (Å²) in [5.74, 6) is 0.775. The van der Waals surface area contributed by atoms with Gasteiger partial charge in [-0.25, -0.2) is 9.97 Å². The Balaban J connectivity index is 2.67. The molecule has 4 N–H and O–H groups in total. The Morgan fingerprint density at radius 1 is 0.889 bits per heavy atom. The Hall–Kier alpha value is -1.47. The van der Waals surface area contributed by atoms with Gasteiger partial charge in [0.1, 0.15) is 6.33 Å². The molecular formula is C11H21N5O2. The average Bonchev–Trinajstić information content (AvgIpc) is 2.29. The normalized spacial score (nSPS) is 17.7. The Labute approximate surface area is 107 Å². The second-order valence-corrected chi connectivity index (χ2v) is 4.48. The van der Waals surface area contributed by atoms with E-state index >= 15 is 0 Å². The van der Waals surface area contributed by atoms with Crippen LogP contribution in [0.1, 0.15) is 27.7 Å². The van der Waals surface area contributed by atoms with E-state index in [2.05, 4.69) is 25.6 Å². The van der Waals surface area contributed by atoms with Gasteiger partial charge in [-0.1, -0.05) is 0 Å². The minimum absolute atomic E-state index is 0.158. The molecule has 1 aromatic rings. The van der Waals surface area contributed by atoms with Crippen LogP contribution >= 0.6 is 0 Å². The zero-order valence-corrected chi connectivity index (χ0v) is 11.1. The molecule has 0 aliphatic rings. The fourth-order valence-electron chi connectivity index (χ4n) is 1.08. The lowest BCUT2D eigenvalue weighted by molar-refractivity contribution is 0.177. The van der Waals surface area contributed by atoms with Gasteiger partial charge >= 0.3 is 0 Å². The lowest BCUT2D eigenvalue weighted by Gasteiger charge is -2.18. The van der Waals surface area contributed by atoms with Gasteiger partial charge in [-0.15, -0.1) is 0 Å². The summed E-state index contributed by atoms with van der Waals surface area (Å²) in [6, 6.07) is -0.316. The lowest BCUT2D eigenvalue weighted by atomic mass is 10.2. The van der Waals surface area contributed by atoms with E-state index in [1.807, 2.05) is 13.8 Å². The van der Waals surface area contributed by atoms with E-state index in [0.29, 0.717) is 11.9 Å². The first-order valence-corrected chi connectivity index (χ1v) is 5.98. The van der Waals surface area contributed by atoms with Gasteiger partial charge in [0.05, 0.1) is 24.3 Å². The van der Waals surface area contributed by atoms with Crippen LogP contribution < -0.4 is 10.6 Å². The zero-order valence-electron chi connectivity index (χ0n) is 11.1. The molecule has 1 aromatic heterocycles. The van der Waals surface area contributed by atoms with Crippen LogP contribution in [-0.2, 0) is 0 Å². The second kappa shape index (κ2) is 6.46. The summed E-state index contributed by atoms with van der Waals surface area (Å²) < 4.78 is 0. The van der Waals surface area contributed by atoms with Crippen molar-refractivity contribution < 1.29 is 10.2 Å². The summed E-state index contributed by atoms with van der Waals surface area (Å²) in [7, 11) is 0. The molecule has 0 radical (unpaired) electrons. The summed E-state index contributed by atoms with van der Waals surface area (Å²) in [6.45, 7) is 7.04. The van der Waals surface area contributed by atoms with Crippen molar-refractivity contribution in [2.24, 2.45) is 0 Å². The van der Waals surface area contributed by atoms with Gasteiger partial charge in [0.15, 0.2) is 0 Å². The molecule has 1 rings (SSSR count). The van der Waals surface area contributed by atoms with Crippen molar-refractivity contribution in [2.75, 3.05) is 10.6 Å². The molecule has 0 aliphatic heterocycles. The number of aliphatic hydroxyl groups excluding tert-OH is 2. The van der Waals surface area contributed by atoms with Gasteiger partial charge in [0.25, 0.3) is 0 Å². The van der Waals surface area contributed by atoms with E-state index in [1.54, 1.807) is 13.8 Å². The SMILES string of the molecule is CC(O)C(C)Nc1ncnc(NC(C)C(C)O)n1. The number of nitrogens with zero attached hydrogens (tertiary/aromatic N) is 3.